The van der Waals surface area contributed by atoms with Crippen LogP contribution in [0.5, 0.6) is 5.75 Å². The summed E-state index contributed by atoms with van der Waals surface area (Å²) in [5.41, 5.74) is 5.46. The fourth-order valence-electron chi connectivity index (χ4n) is 1.18. The fourth-order valence-corrected chi connectivity index (χ4v) is 1.18. The summed E-state index contributed by atoms with van der Waals surface area (Å²) in [4.78, 5) is 13.2. The lowest BCUT2D eigenvalue weighted by molar-refractivity contribution is -0.133. The highest BCUT2D eigenvalue weighted by Crippen LogP contribution is 2.11. The molecule has 1 aromatic rings. The Morgan fingerprint density at radius 3 is 2.50 bits per heavy atom. The molecule has 1 atom stereocenters. The van der Waals surface area contributed by atoms with Gasteiger partial charge in [0.15, 0.2) is 6.61 Å². The molecule has 0 spiro atoms. The summed E-state index contributed by atoms with van der Waals surface area (Å²) >= 11 is 0. The van der Waals surface area contributed by atoms with Crippen molar-refractivity contribution in [2.75, 3.05) is 20.2 Å². The van der Waals surface area contributed by atoms with E-state index < -0.39 is 0 Å². The molecule has 1 rings (SSSR count). The van der Waals surface area contributed by atoms with Crippen molar-refractivity contribution in [3.05, 3.63) is 30.1 Å². The monoisotopic (exact) mass is 276 g/mol. The zero-order valence-corrected chi connectivity index (χ0v) is 11.2. The Morgan fingerprint density at radius 1 is 1.44 bits per heavy atom. The number of benzene rings is 1. The van der Waals surface area contributed by atoms with Gasteiger partial charge in [-0.1, -0.05) is 0 Å². The second-order valence-corrected chi connectivity index (χ2v) is 3.83. The molecule has 0 aliphatic heterocycles. The van der Waals surface area contributed by atoms with E-state index in [-0.39, 0.29) is 36.8 Å². The van der Waals surface area contributed by atoms with Gasteiger partial charge in [-0.05, 0) is 31.2 Å². The van der Waals surface area contributed by atoms with E-state index in [2.05, 4.69) is 0 Å². The summed E-state index contributed by atoms with van der Waals surface area (Å²) in [5.74, 6) is -0.0293. The molecule has 0 fully saturated rings. The quantitative estimate of drug-likeness (QED) is 0.885. The van der Waals surface area contributed by atoms with Crippen LogP contribution in [0.15, 0.2) is 24.3 Å². The lowest BCUT2D eigenvalue weighted by Gasteiger charge is -2.23. The first kappa shape index (κ1) is 16.7. The number of carbonyl (C=O) groups excluding carboxylic acids is 1. The van der Waals surface area contributed by atoms with Crippen LogP contribution >= 0.6 is 12.4 Å². The van der Waals surface area contributed by atoms with Gasteiger partial charge >= 0.3 is 0 Å². The maximum Gasteiger partial charge on any atom is 0.260 e. The second-order valence-electron chi connectivity index (χ2n) is 3.83. The highest BCUT2D eigenvalue weighted by molar-refractivity contribution is 5.85. The van der Waals surface area contributed by atoms with Crippen molar-refractivity contribution in [2.45, 2.75) is 13.0 Å². The van der Waals surface area contributed by atoms with Gasteiger partial charge < -0.3 is 15.4 Å². The van der Waals surface area contributed by atoms with Crippen molar-refractivity contribution < 1.29 is 13.9 Å². The molecule has 0 aromatic heterocycles. The zero-order valence-electron chi connectivity index (χ0n) is 10.4. The minimum absolute atomic E-state index is 0. The molecule has 0 saturated heterocycles. The molecule has 0 aliphatic carbocycles. The van der Waals surface area contributed by atoms with E-state index in [1.54, 1.807) is 7.05 Å². The number of rotatable bonds is 5. The maximum absolute atomic E-state index is 12.6. The number of ether oxygens (including phenoxy) is 1. The zero-order chi connectivity index (χ0) is 12.8. The van der Waals surface area contributed by atoms with Crippen molar-refractivity contribution >= 4 is 18.3 Å². The van der Waals surface area contributed by atoms with E-state index in [4.69, 9.17) is 10.5 Å². The summed E-state index contributed by atoms with van der Waals surface area (Å²) in [6.07, 6.45) is 0. The van der Waals surface area contributed by atoms with E-state index in [9.17, 15) is 9.18 Å². The predicted octanol–water partition coefficient (Wildman–Crippen LogP) is 1.43. The molecule has 2 N–H and O–H groups in total. The normalized spacial score (nSPS) is 11.3. The first-order chi connectivity index (χ1) is 8.04. The maximum atomic E-state index is 12.6. The Bertz CT molecular complexity index is 373. The fraction of sp³-hybridized carbons (Fsp3) is 0.417. The largest absolute Gasteiger partial charge is 0.484 e. The number of hydrogen-bond acceptors (Lipinski definition) is 3. The third-order valence-electron chi connectivity index (χ3n) is 2.57. The summed E-state index contributed by atoms with van der Waals surface area (Å²) in [6.45, 7) is 2.18. The van der Waals surface area contributed by atoms with Gasteiger partial charge in [-0.25, -0.2) is 4.39 Å². The molecule has 1 aromatic carbocycles. The molecule has 18 heavy (non-hydrogen) atoms. The van der Waals surface area contributed by atoms with Gasteiger partial charge in [-0.3, -0.25) is 4.79 Å². The van der Waals surface area contributed by atoms with Crippen molar-refractivity contribution in [3.8, 4) is 5.75 Å². The first-order valence-corrected chi connectivity index (χ1v) is 5.38. The second kappa shape index (κ2) is 7.89. The molecule has 102 valence electrons. The molecule has 1 amide bonds. The third-order valence-corrected chi connectivity index (χ3v) is 2.57. The van der Waals surface area contributed by atoms with Crippen LogP contribution in [0.1, 0.15) is 6.92 Å². The van der Waals surface area contributed by atoms with Crippen LogP contribution in [0, 0.1) is 5.82 Å². The Kier molecular flexibility index (Phi) is 7.31. The topological polar surface area (TPSA) is 55.6 Å². The number of halogens is 2. The van der Waals surface area contributed by atoms with Crippen LogP contribution in [-0.2, 0) is 4.79 Å². The highest BCUT2D eigenvalue weighted by atomic mass is 35.5. The number of amides is 1. The van der Waals surface area contributed by atoms with Gasteiger partial charge in [0, 0.05) is 19.6 Å². The Hall–Kier alpha value is -1.33. The lowest BCUT2D eigenvalue weighted by Crippen LogP contribution is -2.42. The van der Waals surface area contributed by atoms with Crippen molar-refractivity contribution in [1.29, 1.82) is 0 Å². The van der Waals surface area contributed by atoms with E-state index in [1.165, 1.54) is 29.2 Å². The Balaban J connectivity index is 0.00000289. The van der Waals surface area contributed by atoms with Crippen molar-refractivity contribution in [1.82, 2.24) is 4.90 Å². The molecule has 0 saturated carbocycles. The minimum atomic E-state index is -0.336. The van der Waals surface area contributed by atoms with E-state index in [0.29, 0.717) is 12.3 Å². The van der Waals surface area contributed by atoms with E-state index >= 15 is 0 Å². The van der Waals surface area contributed by atoms with Gasteiger partial charge in [-0.15, -0.1) is 12.4 Å². The van der Waals surface area contributed by atoms with Crippen LogP contribution in [0.4, 0.5) is 4.39 Å². The lowest BCUT2D eigenvalue weighted by atomic mass is 10.3. The highest BCUT2D eigenvalue weighted by Gasteiger charge is 2.14. The van der Waals surface area contributed by atoms with Gasteiger partial charge in [0.1, 0.15) is 11.6 Å². The van der Waals surface area contributed by atoms with Crippen LogP contribution in [0.25, 0.3) is 0 Å². The van der Waals surface area contributed by atoms with Crippen LogP contribution in [0.2, 0.25) is 0 Å². The minimum Gasteiger partial charge on any atom is -0.484 e. The van der Waals surface area contributed by atoms with Gasteiger partial charge in [-0.2, -0.15) is 0 Å². The smallest absolute Gasteiger partial charge is 0.260 e. The molecule has 0 aliphatic rings. The number of nitrogens with zero attached hydrogens (tertiary/aromatic N) is 1. The number of likely N-dealkylation sites (N-methyl/N-ethyl adjacent to an activating group) is 1. The Morgan fingerprint density at radius 2 is 2.00 bits per heavy atom. The molecule has 0 heterocycles. The number of nitrogens with two attached hydrogens (primary N) is 1. The number of carbonyl (C=O) groups is 1. The molecule has 4 nitrogen and oxygen atoms in total. The first-order valence-electron chi connectivity index (χ1n) is 5.38. The van der Waals surface area contributed by atoms with E-state index in [0.717, 1.165) is 0 Å². The molecular weight excluding hydrogens is 259 g/mol. The van der Waals surface area contributed by atoms with E-state index in [1.807, 2.05) is 6.92 Å². The van der Waals surface area contributed by atoms with Crippen molar-refractivity contribution in [2.24, 2.45) is 5.73 Å². The summed E-state index contributed by atoms with van der Waals surface area (Å²) in [6, 6.07) is 5.50. The third kappa shape index (κ3) is 4.89. The van der Waals surface area contributed by atoms with Gasteiger partial charge in [0.25, 0.3) is 5.91 Å². The average molecular weight is 277 g/mol. The van der Waals surface area contributed by atoms with Gasteiger partial charge in [0.05, 0.1) is 0 Å². The van der Waals surface area contributed by atoms with Gasteiger partial charge in [0.2, 0.25) is 0 Å². The van der Waals surface area contributed by atoms with Crippen LogP contribution < -0.4 is 10.5 Å². The summed E-state index contributed by atoms with van der Waals surface area (Å²) in [7, 11) is 1.67. The van der Waals surface area contributed by atoms with Crippen LogP contribution in [0.3, 0.4) is 0 Å². The predicted molar refractivity (Wildman–Crippen MR) is 70.4 cm³/mol. The average Bonchev–Trinajstić information content (AvgIpc) is 2.35. The number of hydrogen-bond donors (Lipinski definition) is 1. The molecule has 0 radical (unpaired) electrons. The molecule has 0 bridgehead atoms. The van der Waals surface area contributed by atoms with Crippen LogP contribution in [-0.4, -0.2) is 37.0 Å². The Labute approximate surface area is 112 Å². The summed E-state index contributed by atoms with van der Waals surface area (Å²) < 4.78 is 17.9. The van der Waals surface area contributed by atoms with Crippen molar-refractivity contribution in [3.63, 3.8) is 0 Å². The SMILES string of the molecule is CC(CN)N(C)C(=O)COc1ccc(F)cc1.Cl. The standard InChI is InChI=1S/C12H17FN2O2.ClH/c1-9(7-14)15(2)12(16)8-17-11-5-3-10(13)4-6-11;/h3-6,9H,7-8,14H2,1-2H3;1H. The molecular formula is C12H18ClFN2O2. The molecule has 6 heteroatoms. The summed E-state index contributed by atoms with van der Waals surface area (Å²) in [5, 5.41) is 0. The molecule has 1 unspecified atom stereocenters.